The van der Waals surface area contributed by atoms with Gasteiger partial charge in [-0.2, -0.15) is 0 Å². The van der Waals surface area contributed by atoms with E-state index in [4.69, 9.17) is 4.42 Å². The second kappa shape index (κ2) is 6.47. The van der Waals surface area contributed by atoms with Crippen LogP contribution in [-0.2, 0) is 16.6 Å². The van der Waals surface area contributed by atoms with Crippen LogP contribution in [0, 0.1) is 5.82 Å². The number of benzene rings is 1. The Balaban J connectivity index is 2.36. The highest BCUT2D eigenvalue weighted by molar-refractivity contribution is 9.10. The predicted octanol–water partition coefficient (Wildman–Crippen LogP) is 3.46. The second-order valence-electron chi connectivity index (χ2n) is 4.11. The maximum atomic E-state index is 13.6. The van der Waals surface area contributed by atoms with Gasteiger partial charge in [0.2, 0.25) is 0 Å². The molecule has 0 spiro atoms. The Labute approximate surface area is 138 Å². The van der Waals surface area contributed by atoms with Crippen LogP contribution in [-0.4, -0.2) is 15.5 Å². The summed E-state index contributed by atoms with van der Waals surface area (Å²) in [7, 11) is -2.25. The third kappa shape index (κ3) is 3.85. The van der Waals surface area contributed by atoms with E-state index in [1.165, 1.54) is 24.3 Å². The first-order chi connectivity index (χ1) is 9.83. The number of furan rings is 1. The fraction of sp³-hybridized carbons (Fsp3) is 0.167. The fourth-order valence-electron chi connectivity index (χ4n) is 1.62. The molecule has 0 bridgehead atoms. The minimum Gasteiger partial charge on any atom is -0.451 e. The Hall–Kier alpha value is -0.900. The van der Waals surface area contributed by atoms with Crippen molar-refractivity contribution in [1.29, 1.82) is 0 Å². The van der Waals surface area contributed by atoms with Crippen LogP contribution in [0.15, 0.2) is 42.7 Å². The average molecular weight is 442 g/mol. The van der Waals surface area contributed by atoms with E-state index in [1.54, 1.807) is 7.05 Å². The highest BCUT2D eigenvalue weighted by Crippen LogP contribution is 2.29. The molecule has 9 heteroatoms. The summed E-state index contributed by atoms with van der Waals surface area (Å²) in [6.45, 7) is 0.374. The summed E-state index contributed by atoms with van der Waals surface area (Å²) in [6, 6.07) is 5.36. The van der Waals surface area contributed by atoms with Crippen molar-refractivity contribution in [2.24, 2.45) is 0 Å². The van der Waals surface area contributed by atoms with E-state index in [2.05, 4.69) is 41.9 Å². The van der Waals surface area contributed by atoms with Crippen LogP contribution >= 0.6 is 31.9 Å². The van der Waals surface area contributed by atoms with Crippen molar-refractivity contribution in [3.63, 3.8) is 0 Å². The fourth-order valence-corrected chi connectivity index (χ4v) is 4.04. The summed E-state index contributed by atoms with van der Waals surface area (Å²) in [4.78, 5) is -0.0906. The third-order valence-electron chi connectivity index (χ3n) is 2.52. The van der Waals surface area contributed by atoms with Crippen LogP contribution in [0.3, 0.4) is 0 Å². The zero-order chi connectivity index (χ0) is 15.6. The van der Waals surface area contributed by atoms with Gasteiger partial charge in [-0.3, -0.25) is 4.72 Å². The van der Waals surface area contributed by atoms with Gasteiger partial charge in [0.1, 0.15) is 16.5 Å². The molecule has 1 heterocycles. The van der Waals surface area contributed by atoms with Gasteiger partial charge in [0.05, 0.1) is 12.2 Å². The number of rotatable bonds is 5. The lowest BCUT2D eigenvalue weighted by molar-refractivity contribution is 0.470. The minimum absolute atomic E-state index is 0.0654. The van der Waals surface area contributed by atoms with E-state index in [9.17, 15) is 12.8 Å². The van der Waals surface area contributed by atoms with Crippen molar-refractivity contribution in [3.8, 4) is 0 Å². The minimum atomic E-state index is -3.96. The largest absolute Gasteiger partial charge is 0.451 e. The summed E-state index contributed by atoms with van der Waals surface area (Å²) >= 11 is 6.21. The van der Waals surface area contributed by atoms with Crippen molar-refractivity contribution < 1.29 is 17.2 Å². The van der Waals surface area contributed by atoms with Gasteiger partial charge in [0, 0.05) is 10.5 Å². The van der Waals surface area contributed by atoms with Crippen molar-refractivity contribution in [3.05, 3.63) is 45.0 Å². The maximum Gasteiger partial charge on any atom is 0.266 e. The molecule has 0 atom stereocenters. The topological polar surface area (TPSA) is 71.3 Å². The molecule has 0 radical (unpaired) electrons. The van der Waals surface area contributed by atoms with E-state index in [0.29, 0.717) is 16.8 Å². The molecule has 0 unspecified atom stereocenters. The number of hydrogen-bond donors (Lipinski definition) is 2. The zero-order valence-corrected chi connectivity index (χ0v) is 14.8. The molecule has 0 aliphatic carbocycles. The lowest BCUT2D eigenvalue weighted by Crippen LogP contribution is -2.14. The first kappa shape index (κ1) is 16.5. The van der Waals surface area contributed by atoms with Crippen LogP contribution in [0.2, 0.25) is 0 Å². The zero-order valence-electron chi connectivity index (χ0n) is 10.8. The van der Waals surface area contributed by atoms with Crippen LogP contribution < -0.4 is 10.0 Å². The van der Waals surface area contributed by atoms with Crippen LogP contribution in [0.1, 0.15) is 5.76 Å². The molecule has 1 aromatic carbocycles. The molecule has 1 aromatic heterocycles. The maximum absolute atomic E-state index is 13.6. The quantitative estimate of drug-likeness (QED) is 0.745. The molecule has 0 aliphatic rings. The molecular formula is C12H11Br2FN2O3S. The second-order valence-corrected chi connectivity index (χ2v) is 7.40. The first-order valence-corrected chi connectivity index (χ1v) is 8.81. The summed E-state index contributed by atoms with van der Waals surface area (Å²) < 4.78 is 46.3. The summed E-state index contributed by atoms with van der Waals surface area (Å²) in [6.07, 6.45) is 0. The molecule has 2 rings (SSSR count). The molecule has 0 amide bonds. The van der Waals surface area contributed by atoms with Crippen LogP contribution in [0.4, 0.5) is 10.1 Å². The van der Waals surface area contributed by atoms with Crippen molar-refractivity contribution >= 4 is 47.6 Å². The number of hydrogen-bond acceptors (Lipinski definition) is 4. The van der Waals surface area contributed by atoms with Crippen molar-refractivity contribution in [2.45, 2.75) is 11.4 Å². The Bertz CT molecular complexity index is 762. The molecule has 2 aromatic rings. The van der Waals surface area contributed by atoms with Gasteiger partial charge in [-0.15, -0.1) is 0 Å². The number of nitrogens with one attached hydrogen (secondary N) is 2. The predicted molar refractivity (Wildman–Crippen MR) is 84.1 cm³/mol. The van der Waals surface area contributed by atoms with E-state index >= 15 is 0 Å². The summed E-state index contributed by atoms with van der Waals surface area (Å²) in [5, 5.41) is 2.85. The van der Waals surface area contributed by atoms with E-state index in [-0.39, 0.29) is 15.3 Å². The van der Waals surface area contributed by atoms with Gasteiger partial charge in [0.15, 0.2) is 4.67 Å². The Kier molecular flexibility index (Phi) is 5.07. The van der Waals surface area contributed by atoms with E-state index in [0.717, 1.165) is 0 Å². The van der Waals surface area contributed by atoms with Gasteiger partial charge in [-0.25, -0.2) is 12.8 Å². The van der Waals surface area contributed by atoms with Gasteiger partial charge >= 0.3 is 0 Å². The highest BCUT2D eigenvalue weighted by Gasteiger charge is 2.23. The molecule has 2 N–H and O–H groups in total. The van der Waals surface area contributed by atoms with Crippen molar-refractivity contribution in [2.75, 3.05) is 11.8 Å². The lowest BCUT2D eigenvalue weighted by atomic mass is 10.3. The average Bonchev–Trinajstić information content (AvgIpc) is 2.76. The number of sulfonamides is 1. The van der Waals surface area contributed by atoms with Gasteiger partial charge in [-0.1, -0.05) is 15.9 Å². The van der Waals surface area contributed by atoms with Gasteiger partial charge < -0.3 is 9.73 Å². The molecule has 0 fully saturated rings. The third-order valence-corrected chi connectivity index (χ3v) is 5.24. The smallest absolute Gasteiger partial charge is 0.266 e. The molecule has 21 heavy (non-hydrogen) atoms. The normalized spacial score (nSPS) is 11.6. The molecule has 0 saturated heterocycles. The van der Waals surface area contributed by atoms with Crippen LogP contribution in [0.25, 0.3) is 0 Å². The highest BCUT2D eigenvalue weighted by atomic mass is 79.9. The molecule has 114 valence electrons. The SMILES string of the molecule is CNCc1cc(S(=O)(=O)Nc2cc(Br)ccc2F)c(Br)o1. The standard InChI is InChI=1S/C12H11Br2FN2O3S/c1-16-6-8-5-11(12(14)20-8)21(18,19)17-10-4-7(13)2-3-9(10)15/h2-5,16-17H,6H2,1H3. The Morgan fingerprint density at radius 3 is 2.67 bits per heavy atom. The van der Waals surface area contributed by atoms with E-state index < -0.39 is 15.8 Å². The summed E-state index contributed by atoms with van der Waals surface area (Å²) in [5.41, 5.74) is -0.146. The van der Waals surface area contributed by atoms with E-state index in [1.807, 2.05) is 0 Å². The van der Waals surface area contributed by atoms with Crippen LogP contribution in [0.5, 0.6) is 0 Å². The van der Waals surface area contributed by atoms with Crippen molar-refractivity contribution in [1.82, 2.24) is 5.32 Å². The number of anilines is 1. The van der Waals surface area contributed by atoms with Gasteiger partial charge in [-0.05, 0) is 41.2 Å². The first-order valence-electron chi connectivity index (χ1n) is 5.74. The molecule has 0 aliphatic heterocycles. The molecular weight excluding hydrogens is 431 g/mol. The monoisotopic (exact) mass is 440 g/mol. The Morgan fingerprint density at radius 2 is 2.00 bits per heavy atom. The summed E-state index contributed by atoms with van der Waals surface area (Å²) in [5.74, 6) is -0.226. The van der Waals surface area contributed by atoms with Gasteiger partial charge in [0.25, 0.3) is 10.0 Å². The Morgan fingerprint density at radius 1 is 1.29 bits per heavy atom. The number of halogens is 3. The molecule has 0 saturated carbocycles. The molecule has 5 nitrogen and oxygen atoms in total. The lowest BCUT2D eigenvalue weighted by Gasteiger charge is -2.08.